The summed E-state index contributed by atoms with van der Waals surface area (Å²) in [5, 5.41) is 8.79. The van der Waals surface area contributed by atoms with Crippen LogP contribution < -0.4 is 0 Å². The zero-order valence-corrected chi connectivity index (χ0v) is 11.0. The van der Waals surface area contributed by atoms with Crippen LogP contribution in [0.15, 0.2) is 0 Å². The molecule has 0 saturated carbocycles. The first-order valence-corrected chi connectivity index (χ1v) is 6.95. The van der Waals surface area contributed by atoms with E-state index in [2.05, 4.69) is 13.0 Å². The highest BCUT2D eigenvalue weighted by Gasteiger charge is 2.21. The lowest BCUT2D eigenvalue weighted by atomic mass is 9.98. The van der Waals surface area contributed by atoms with Gasteiger partial charge in [-0.3, -0.25) is 4.79 Å². The lowest BCUT2D eigenvalue weighted by Gasteiger charge is -2.29. The zero-order chi connectivity index (χ0) is 12.5. The Hall–Kier alpha value is -1.04. The topological polar surface area (TPSA) is 44.1 Å². The zero-order valence-electron chi connectivity index (χ0n) is 11.0. The predicted octanol–water partition coefficient (Wildman–Crippen LogP) is 3.11. The van der Waals surface area contributed by atoms with Crippen molar-refractivity contribution in [2.24, 2.45) is 5.92 Å². The monoisotopic (exact) mass is 236 g/mol. The number of nitriles is 1. The Morgan fingerprint density at radius 1 is 1.24 bits per heavy atom. The van der Waals surface area contributed by atoms with Crippen molar-refractivity contribution in [2.75, 3.05) is 13.1 Å². The third-order valence-corrected chi connectivity index (χ3v) is 3.52. The van der Waals surface area contributed by atoms with Gasteiger partial charge in [0.05, 0.1) is 6.07 Å². The van der Waals surface area contributed by atoms with Gasteiger partial charge in [0.15, 0.2) is 0 Å². The highest BCUT2D eigenvalue weighted by atomic mass is 16.2. The number of carbonyl (C=O) groups is 1. The molecular weight excluding hydrogens is 212 g/mol. The number of likely N-dealkylation sites (tertiary alicyclic amines) is 1. The number of rotatable bonds is 6. The van der Waals surface area contributed by atoms with Gasteiger partial charge in [-0.2, -0.15) is 5.26 Å². The molecule has 1 saturated heterocycles. The van der Waals surface area contributed by atoms with Crippen LogP contribution in [0.4, 0.5) is 0 Å². The Kier molecular flexibility index (Phi) is 6.69. The molecule has 0 unspecified atom stereocenters. The van der Waals surface area contributed by atoms with Crippen LogP contribution in [0.25, 0.3) is 0 Å². The molecule has 0 aromatic rings. The second-order valence-corrected chi connectivity index (χ2v) is 4.95. The van der Waals surface area contributed by atoms with E-state index >= 15 is 0 Å². The molecule has 0 aliphatic carbocycles. The molecule has 0 radical (unpaired) electrons. The molecule has 1 amide bonds. The fourth-order valence-electron chi connectivity index (χ4n) is 2.30. The van der Waals surface area contributed by atoms with Crippen molar-refractivity contribution in [3.8, 4) is 6.07 Å². The van der Waals surface area contributed by atoms with Crippen molar-refractivity contribution in [3.63, 3.8) is 0 Å². The molecule has 1 rings (SSSR count). The van der Waals surface area contributed by atoms with Crippen LogP contribution >= 0.6 is 0 Å². The molecule has 1 aliphatic rings. The van der Waals surface area contributed by atoms with Crippen LogP contribution in [0.2, 0.25) is 0 Å². The lowest BCUT2D eigenvalue weighted by molar-refractivity contribution is -0.132. The largest absolute Gasteiger partial charge is 0.343 e. The summed E-state index contributed by atoms with van der Waals surface area (Å²) in [5.41, 5.74) is 0. The average molecular weight is 236 g/mol. The summed E-state index contributed by atoms with van der Waals surface area (Å²) >= 11 is 0. The SMILES string of the molecule is CCCCCCCC(=O)N1CCC(C#N)CC1. The summed E-state index contributed by atoms with van der Waals surface area (Å²) in [7, 11) is 0. The number of nitrogens with zero attached hydrogens (tertiary/aromatic N) is 2. The lowest BCUT2D eigenvalue weighted by Crippen LogP contribution is -2.38. The molecule has 3 nitrogen and oxygen atoms in total. The Morgan fingerprint density at radius 2 is 1.88 bits per heavy atom. The van der Waals surface area contributed by atoms with Gasteiger partial charge in [0.2, 0.25) is 5.91 Å². The van der Waals surface area contributed by atoms with E-state index < -0.39 is 0 Å². The van der Waals surface area contributed by atoms with E-state index in [1.807, 2.05) is 4.90 Å². The molecule has 0 spiro atoms. The van der Waals surface area contributed by atoms with Crippen molar-refractivity contribution in [2.45, 2.75) is 58.3 Å². The maximum absolute atomic E-state index is 11.9. The summed E-state index contributed by atoms with van der Waals surface area (Å²) in [6.45, 7) is 3.77. The fraction of sp³-hybridized carbons (Fsp3) is 0.857. The predicted molar refractivity (Wildman–Crippen MR) is 68.3 cm³/mol. The highest BCUT2D eigenvalue weighted by molar-refractivity contribution is 5.76. The molecule has 96 valence electrons. The quantitative estimate of drug-likeness (QED) is 0.665. The van der Waals surface area contributed by atoms with Gasteiger partial charge >= 0.3 is 0 Å². The van der Waals surface area contributed by atoms with Crippen molar-refractivity contribution in [1.82, 2.24) is 4.90 Å². The van der Waals surface area contributed by atoms with E-state index in [1.54, 1.807) is 0 Å². The van der Waals surface area contributed by atoms with Gasteiger partial charge in [-0.1, -0.05) is 32.6 Å². The minimum Gasteiger partial charge on any atom is -0.343 e. The molecule has 0 N–H and O–H groups in total. The van der Waals surface area contributed by atoms with E-state index in [0.717, 1.165) is 32.4 Å². The third-order valence-electron chi connectivity index (χ3n) is 3.52. The highest BCUT2D eigenvalue weighted by Crippen LogP contribution is 2.17. The summed E-state index contributed by atoms with van der Waals surface area (Å²) < 4.78 is 0. The van der Waals surface area contributed by atoms with E-state index in [0.29, 0.717) is 6.42 Å². The average Bonchev–Trinajstić information content (AvgIpc) is 2.38. The van der Waals surface area contributed by atoms with Gasteiger partial charge in [-0.05, 0) is 19.3 Å². The smallest absolute Gasteiger partial charge is 0.222 e. The molecule has 1 fully saturated rings. The van der Waals surface area contributed by atoms with Gasteiger partial charge in [0.1, 0.15) is 0 Å². The molecule has 1 aliphatic heterocycles. The second kappa shape index (κ2) is 8.11. The normalized spacial score (nSPS) is 16.8. The molecule has 0 atom stereocenters. The van der Waals surface area contributed by atoms with Gasteiger partial charge < -0.3 is 4.90 Å². The number of hydrogen-bond donors (Lipinski definition) is 0. The molecule has 3 heteroatoms. The van der Waals surface area contributed by atoms with Gasteiger partial charge in [0.25, 0.3) is 0 Å². The Labute approximate surface area is 105 Å². The van der Waals surface area contributed by atoms with Crippen LogP contribution in [0, 0.1) is 17.2 Å². The number of carbonyl (C=O) groups excluding carboxylic acids is 1. The van der Waals surface area contributed by atoms with Crippen LogP contribution in [0.3, 0.4) is 0 Å². The molecule has 0 aromatic heterocycles. The molecule has 1 heterocycles. The standard InChI is InChI=1S/C14H24N2O/c1-2-3-4-5-6-7-14(17)16-10-8-13(12-15)9-11-16/h13H,2-11H2,1H3. The van der Waals surface area contributed by atoms with Crippen molar-refractivity contribution in [1.29, 1.82) is 5.26 Å². The maximum atomic E-state index is 11.9. The summed E-state index contributed by atoms with van der Waals surface area (Å²) in [6, 6.07) is 2.29. The first-order valence-electron chi connectivity index (χ1n) is 6.95. The molecule has 0 aromatic carbocycles. The van der Waals surface area contributed by atoms with E-state index in [9.17, 15) is 4.79 Å². The van der Waals surface area contributed by atoms with Crippen LogP contribution in [-0.2, 0) is 4.79 Å². The Balaban J connectivity index is 2.10. The minimum atomic E-state index is 0.170. The van der Waals surface area contributed by atoms with Crippen LogP contribution in [0.5, 0.6) is 0 Å². The summed E-state index contributed by atoms with van der Waals surface area (Å²) in [5.74, 6) is 0.460. The van der Waals surface area contributed by atoms with Crippen LogP contribution in [0.1, 0.15) is 58.3 Å². The molecule has 0 bridgehead atoms. The van der Waals surface area contributed by atoms with Crippen molar-refractivity contribution < 1.29 is 4.79 Å². The molecule has 17 heavy (non-hydrogen) atoms. The summed E-state index contributed by atoms with van der Waals surface area (Å²) in [4.78, 5) is 13.8. The second-order valence-electron chi connectivity index (χ2n) is 4.95. The Bertz CT molecular complexity index is 262. The number of amides is 1. The van der Waals surface area contributed by atoms with Crippen molar-refractivity contribution in [3.05, 3.63) is 0 Å². The van der Waals surface area contributed by atoms with Gasteiger partial charge in [0, 0.05) is 25.4 Å². The first kappa shape index (κ1) is 14.0. The first-order chi connectivity index (χ1) is 8.27. The molecular formula is C14H24N2O. The number of piperidine rings is 1. The van der Waals surface area contributed by atoms with Gasteiger partial charge in [-0.25, -0.2) is 0 Å². The Morgan fingerprint density at radius 3 is 2.47 bits per heavy atom. The summed E-state index contributed by atoms with van der Waals surface area (Å²) in [6.07, 6.45) is 8.39. The van der Waals surface area contributed by atoms with Crippen LogP contribution in [-0.4, -0.2) is 23.9 Å². The van der Waals surface area contributed by atoms with Gasteiger partial charge in [-0.15, -0.1) is 0 Å². The fourth-order valence-corrected chi connectivity index (χ4v) is 2.30. The van der Waals surface area contributed by atoms with E-state index in [1.165, 1.54) is 25.7 Å². The number of unbranched alkanes of at least 4 members (excludes halogenated alkanes) is 4. The van der Waals surface area contributed by atoms with E-state index in [4.69, 9.17) is 5.26 Å². The number of hydrogen-bond acceptors (Lipinski definition) is 2. The van der Waals surface area contributed by atoms with E-state index in [-0.39, 0.29) is 11.8 Å². The minimum absolute atomic E-state index is 0.170. The maximum Gasteiger partial charge on any atom is 0.222 e. The third kappa shape index (κ3) is 5.21. The van der Waals surface area contributed by atoms with Crippen molar-refractivity contribution >= 4 is 5.91 Å².